The summed E-state index contributed by atoms with van der Waals surface area (Å²) in [7, 11) is 2.01. The Morgan fingerprint density at radius 1 is 1.43 bits per heavy atom. The summed E-state index contributed by atoms with van der Waals surface area (Å²) in [4.78, 5) is 0. The highest BCUT2D eigenvalue weighted by atomic mass is 19.1. The number of benzene rings is 1. The molecule has 3 heteroatoms. The van der Waals surface area contributed by atoms with E-state index in [0.29, 0.717) is 6.61 Å². The Bertz CT molecular complexity index is 289. The minimum absolute atomic E-state index is 0.182. The van der Waals surface area contributed by atoms with Crippen molar-refractivity contribution in [3.8, 4) is 0 Å². The van der Waals surface area contributed by atoms with Crippen molar-refractivity contribution in [3.63, 3.8) is 0 Å². The molecule has 0 saturated carbocycles. The molecule has 1 radical (unpaired) electrons. The summed E-state index contributed by atoms with van der Waals surface area (Å²) in [5.74, 6) is -0.182. The molecule has 14 heavy (non-hydrogen) atoms. The van der Waals surface area contributed by atoms with Crippen LogP contribution >= 0.6 is 0 Å². The van der Waals surface area contributed by atoms with Crippen LogP contribution in [0.5, 0.6) is 0 Å². The Hall–Kier alpha value is -0.825. The second-order valence-electron chi connectivity index (χ2n) is 3.19. The second-order valence-corrected chi connectivity index (χ2v) is 3.19. The van der Waals surface area contributed by atoms with Crippen LogP contribution in [0.3, 0.4) is 0 Å². The van der Waals surface area contributed by atoms with Gasteiger partial charge in [-0.15, -0.1) is 0 Å². The zero-order valence-corrected chi connectivity index (χ0v) is 8.72. The molecule has 0 aromatic heterocycles. The maximum atomic E-state index is 12.9. The van der Waals surface area contributed by atoms with E-state index in [1.165, 1.54) is 6.07 Å². The van der Waals surface area contributed by atoms with Crippen LogP contribution in [0.1, 0.15) is 12.5 Å². The fourth-order valence-electron chi connectivity index (χ4n) is 1.27. The molecule has 0 atom stereocenters. The molecule has 75 valence electrons. The summed E-state index contributed by atoms with van der Waals surface area (Å²) in [6.07, 6.45) is 0.831. The van der Waals surface area contributed by atoms with Crippen molar-refractivity contribution in [2.24, 2.45) is 0 Å². The van der Waals surface area contributed by atoms with E-state index in [0.717, 1.165) is 24.0 Å². The third-order valence-electron chi connectivity index (χ3n) is 2.07. The van der Waals surface area contributed by atoms with Gasteiger partial charge in [-0.1, -0.05) is 23.4 Å². The highest BCUT2D eigenvalue weighted by Crippen LogP contribution is 1.99. The lowest BCUT2D eigenvalue weighted by Gasteiger charge is -2.04. The van der Waals surface area contributed by atoms with Crippen molar-refractivity contribution in [2.45, 2.75) is 20.2 Å². The molecule has 0 unspecified atom stereocenters. The number of halogens is 1. The Labute approximate surface area is 85.5 Å². The van der Waals surface area contributed by atoms with E-state index in [-0.39, 0.29) is 5.82 Å². The first-order valence-electron chi connectivity index (χ1n) is 4.91. The van der Waals surface area contributed by atoms with Gasteiger partial charge < -0.3 is 4.74 Å². The van der Waals surface area contributed by atoms with E-state index in [4.69, 9.17) is 4.74 Å². The van der Waals surface area contributed by atoms with Gasteiger partial charge in [-0.05, 0) is 26.0 Å². The summed E-state index contributed by atoms with van der Waals surface area (Å²) in [5.41, 5.74) is 2.06. The Morgan fingerprint density at radius 3 is 2.93 bits per heavy atom. The fraction of sp³-hybridized carbons (Fsp3) is 0.455. The lowest BCUT2D eigenvalue weighted by molar-refractivity contribution is 0.162. The lowest BCUT2D eigenvalue weighted by Crippen LogP contribution is -2.19. The maximum absolute atomic E-state index is 12.9. The SMILES string of the molecule is CCOCC[B]c1cc(F)ccc1C. The third kappa shape index (κ3) is 3.50. The average Bonchev–Trinajstić information content (AvgIpc) is 2.18. The molecule has 0 fully saturated rings. The number of hydrogen-bond donors (Lipinski definition) is 0. The van der Waals surface area contributed by atoms with Gasteiger partial charge >= 0.3 is 0 Å². The van der Waals surface area contributed by atoms with Crippen molar-refractivity contribution >= 4 is 12.7 Å². The number of hydrogen-bond acceptors (Lipinski definition) is 1. The fourth-order valence-corrected chi connectivity index (χ4v) is 1.27. The normalized spacial score (nSPS) is 10.2. The molecular weight excluding hydrogens is 178 g/mol. The van der Waals surface area contributed by atoms with Crippen LogP contribution in [0, 0.1) is 12.7 Å². The molecule has 1 aromatic rings. The quantitative estimate of drug-likeness (QED) is 0.512. The molecule has 1 aromatic carbocycles. The predicted molar refractivity (Wildman–Crippen MR) is 57.8 cm³/mol. The van der Waals surface area contributed by atoms with Gasteiger partial charge in [0.15, 0.2) is 7.28 Å². The topological polar surface area (TPSA) is 9.23 Å². The van der Waals surface area contributed by atoms with Crippen molar-refractivity contribution in [3.05, 3.63) is 29.6 Å². The van der Waals surface area contributed by atoms with E-state index >= 15 is 0 Å². The molecule has 0 N–H and O–H groups in total. The molecule has 0 aliphatic rings. The van der Waals surface area contributed by atoms with Gasteiger partial charge in [0, 0.05) is 13.2 Å². The lowest BCUT2D eigenvalue weighted by atomic mass is 9.66. The van der Waals surface area contributed by atoms with Gasteiger partial charge in [0.25, 0.3) is 0 Å². The summed E-state index contributed by atoms with van der Waals surface area (Å²) < 4.78 is 18.1. The van der Waals surface area contributed by atoms with Gasteiger partial charge in [0.2, 0.25) is 0 Å². The van der Waals surface area contributed by atoms with Gasteiger partial charge in [0.05, 0.1) is 0 Å². The smallest absolute Gasteiger partial charge is 0.154 e. The van der Waals surface area contributed by atoms with Crippen molar-refractivity contribution in [2.75, 3.05) is 13.2 Å². The maximum Gasteiger partial charge on any atom is 0.154 e. The molecule has 1 rings (SSSR count). The predicted octanol–water partition coefficient (Wildman–Crippen LogP) is 1.92. The number of aryl methyl sites for hydroxylation is 1. The van der Waals surface area contributed by atoms with Crippen LogP contribution < -0.4 is 5.46 Å². The second kappa shape index (κ2) is 5.81. The largest absolute Gasteiger partial charge is 0.382 e. The molecule has 0 aliphatic heterocycles. The highest BCUT2D eigenvalue weighted by molar-refractivity contribution is 6.54. The monoisotopic (exact) mass is 193 g/mol. The Morgan fingerprint density at radius 2 is 2.21 bits per heavy atom. The highest BCUT2D eigenvalue weighted by Gasteiger charge is 2.01. The van der Waals surface area contributed by atoms with Crippen LogP contribution in [0.4, 0.5) is 4.39 Å². The molecule has 1 nitrogen and oxygen atoms in total. The third-order valence-corrected chi connectivity index (χ3v) is 2.07. The summed E-state index contributed by atoms with van der Waals surface area (Å²) in [6, 6.07) is 4.83. The zero-order chi connectivity index (χ0) is 10.4. The first-order valence-corrected chi connectivity index (χ1v) is 4.91. The van der Waals surface area contributed by atoms with Gasteiger partial charge in [-0.2, -0.15) is 0 Å². The average molecular weight is 193 g/mol. The zero-order valence-electron chi connectivity index (χ0n) is 8.72. The first-order chi connectivity index (χ1) is 6.74. The van der Waals surface area contributed by atoms with E-state index < -0.39 is 0 Å². The Kier molecular flexibility index (Phi) is 4.67. The van der Waals surface area contributed by atoms with Gasteiger partial charge in [-0.25, -0.2) is 4.39 Å². The van der Waals surface area contributed by atoms with E-state index in [2.05, 4.69) is 0 Å². The van der Waals surface area contributed by atoms with Crippen LogP contribution in [0.15, 0.2) is 18.2 Å². The van der Waals surface area contributed by atoms with Crippen LogP contribution in [0.25, 0.3) is 0 Å². The first kappa shape index (κ1) is 11.3. The van der Waals surface area contributed by atoms with Crippen molar-refractivity contribution < 1.29 is 9.13 Å². The summed E-state index contributed by atoms with van der Waals surface area (Å²) in [5, 5.41) is 0. The molecule has 0 bridgehead atoms. The molecular formula is C11H15BFO. The van der Waals surface area contributed by atoms with Crippen LogP contribution in [-0.4, -0.2) is 20.5 Å². The van der Waals surface area contributed by atoms with Gasteiger partial charge in [-0.3, -0.25) is 0 Å². The molecule has 0 aliphatic carbocycles. The van der Waals surface area contributed by atoms with E-state index in [1.54, 1.807) is 12.1 Å². The molecule has 0 saturated heterocycles. The Balaban J connectivity index is 2.45. The number of ether oxygens (including phenoxy) is 1. The number of rotatable bonds is 5. The molecule has 0 heterocycles. The molecule has 0 spiro atoms. The standard InChI is InChI=1S/C11H15BFO/c1-3-14-7-6-12-11-8-10(13)5-4-9(11)2/h4-5,8H,3,6-7H2,1-2H3. The minimum Gasteiger partial charge on any atom is -0.382 e. The summed E-state index contributed by atoms with van der Waals surface area (Å²) in [6.45, 7) is 5.38. The minimum atomic E-state index is -0.182. The van der Waals surface area contributed by atoms with Crippen LogP contribution in [-0.2, 0) is 4.74 Å². The summed E-state index contributed by atoms with van der Waals surface area (Å²) >= 11 is 0. The van der Waals surface area contributed by atoms with E-state index in [1.807, 2.05) is 21.1 Å². The van der Waals surface area contributed by atoms with Gasteiger partial charge in [0.1, 0.15) is 5.82 Å². The molecule has 0 amide bonds. The van der Waals surface area contributed by atoms with Crippen molar-refractivity contribution in [1.29, 1.82) is 0 Å². The van der Waals surface area contributed by atoms with Crippen LogP contribution in [0.2, 0.25) is 6.32 Å². The van der Waals surface area contributed by atoms with Crippen molar-refractivity contribution in [1.82, 2.24) is 0 Å². The van der Waals surface area contributed by atoms with E-state index in [9.17, 15) is 4.39 Å².